The lowest BCUT2D eigenvalue weighted by Crippen LogP contribution is -2.11. The van der Waals surface area contributed by atoms with E-state index in [-0.39, 0.29) is 5.91 Å². The Morgan fingerprint density at radius 3 is 2.72 bits per heavy atom. The average molecular weight is 449 g/mol. The zero-order valence-electron chi connectivity index (χ0n) is 18.5. The second-order valence-corrected chi connectivity index (χ2v) is 9.10. The highest BCUT2D eigenvalue weighted by Crippen LogP contribution is 2.21. The Bertz CT molecular complexity index is 1180. The monoisotopic (exact) mass is 448 g/mol. The highest BCUT2D eigenvalue weighted by atomic mass is 32.2. The van der Waals surface area contributed by atoms with Crippen molar-refractivity contribution in [3.8, 4) is 0 Å². The highest BCUT2D eigenvalue weighted by Gasteiger charge is 2.09. The number of hydrogen-bond acceptors (Lipinski definition) is 5. The fourth-order valence-corrected chi connectivity index (χ4v) is 4.55. The number of thioether (sulfide) groups is 1. The van der Waals surface area contributed by atoms with Gasteiger partial charge >= 0.3 is 0 Å². The summed E-state index contributed by atoms with van der Waals surface area (Å²) >= 11 is 1.50. The molecule has 0 saturated heterocycles. The van der Waals surface area contributed by atoms with E-state index in [0.29, 0.717) is 17.5 Å². The number of fused-ring (bicyclic) bond motifs is 1. The van der Waals surface area contributed by atoms with Crippen molar-refractivity contribution < 1.29 is 9.21 Å². The number of nitrogens with one attached hydrogen (secondary N) is 2. The summed E-state index contributed by atoms with van der Waals surface area (Å²) in [5, 5.41) is 13.1. The molecule has 0 spiro atoms. The van der Waals surface area contributed by atoms with Gasteiger partial charge in [-0.1, -0.05) is 36.0 Å². The van der Waals surface area contributed by atoms with E-state index >= 15 is 0 Å². The minimum absolute atomic E-state index is 0.0269. The normalized spacial score (nSPS) is 11.2. The highest BCUT2D eigenvalue weighted by molar-refractivity contribution is 7.99. The van der Waals surface area contributed by atoms with Gasteiger partial charge in [0.15, 0.2) is 0 Å². The van der Waals surface area contributed by atoms with Crippen molar-refractivity contribution in [2.45, 2.75) is 51.2 Å². The summed E-state index contributed by atoms with van der Waals surface area (Å²) in [6.07, 6.45) is 5.96. The van der Waals surface area contributed by atoms with Crippen LogP contribution in [-0.2, 0) is 17.6 Å². The van der Waals surface area contributed by atoms with Crippen LogP contribution in [0.2, 0.25) is 0 Å². The molecule has 2 aromatic carbocycles. The molecule has 6 nitrogen and oxygen atoms in total. The van der Waals surface area contributed by atoms with Crippen LogP contribution in [0.15, 0.2) is 58.3 Å². The van der Waals surface area contributed by atoms with Gasteiger partial charge in [0.25, 0.3) is 5.22 Å². The number of H-pyrrole nitrogens is 1. The second kappa shape index (κ2) is 10.5. The maximum atomic E-state index is 12.2. The molecule has 4 rings (SSSR count). The van der Waals surface area contributed by atoms with Crippen molar-refractivity contribution in [3.05, 3.63) is 71.2 Å². The minimum atomic E-state index is 0.0269. The van der Waals surface area contributed by atoms with Gasteiger partial charge in [0, 0.05) is 41.4 Å². The number of nitrogens with zero attached hydrogens (tertiary/aromatic N) is 2. The number of amides is 1. The van der Waals surface area contributed by atoms with Gasteiger partial charge < -0.3 is 14.7 Å². The third-order valence-electron chi connectivity index (χ3n) is 5.24. The number of aryl methyl sites for hydroxylation is 4. The summed E-state index contributed by atoms with van der Waals surface area (Å²) in [4.78, 5) is 15.5. The van der Waals surface area contributed by atoms with E-state index < -0.39 is 0 Å². The maximum absolute atomic E-state index is 12.2. The van der Waals surface area contributed by atoms with Crippen LogP contribution >= 0.6 is 11.8 Å². The van der Waals surface area contributed by atoms with Crippen LogP contribution in [0.3, 0.4) is 0 Å². The lowest BCUT2D eigenvalue weighted by molar-refractivity contribution is -0.116. The standard InChI is InChI=1S/C25H28N4O2S/c1-17-13-18(2)15-20(14-17)27-23(30)10-6-12-32-25-29-28-24(31-25)11-5-7-19-16-26-22-9-4-3-8-21(19)22/h3-4,8-9,13-16,26H,5-7,10-12H2,1-2H3,(H,27,30). The summed E-state index contributed by atoms with van der Waals surface area (Å²) in [5.74, 6) is 1.45. The molecule has 2 aromatic heterocycles. The zero-order valence-corrected chi connectivity index (χ0v) is 19.3. The first-order valence-corrected chi connectivity index (χ1v) is 11.9. The number of carbonyl (C=O) groups excluding carboxylic acids is 1. The molecule has 0 radical (unpaired) electrons. The molecule has 0 saturated carbocycles. The van der Waals surface area contributed by atoms with E-state index in [1.165, 1.54) is 28.2 Å². The molecule has 0 bridgehead atoms. The van der Waals surface area contributed by atoms with Crippen LogP contribution < -0.4 is 5.32 Å². The Hall–Kier alpha value is -3.06. The van der Waals surface area contributed by atoms with Gasteiger partial charge in [0.1, 0.15) is 0 Å². The second-order valence-electron chi connectivity index (χ2n) is 8.05. The molecular formula is C25H28N4O2S. The van der Waals surface area contributed by atoms with Crippen molar-refractivity contribution in [1.29, 1.82) is 0 Å². The van der Waals surface area contributed by atoms with Crippen LogP contribution in [-0.4, -0.2) is 26.8 Å². The van der Waals surface area contributed by atoms with E-state index in [1.807, 2.05) is 32.0 Å². The first-order chi connectivity index (χ1) is 15.6. The van der Waals surface area contributed by atoms with Gasteiger partial charge in [-0.2, -0.15) is 0 Å². The summed E-state index contributed by atoms with van der Waals surface area (Å²) in [7, 11) is 0. The van der Waals surface area contributed by atoms with Crippen molar-refractivity contribution in [1.82, 2.24) is 15.2 Å². The van der Waals surface area contributed by atoms with Crippen molar-refractivity contribution in [3.63, 3.8) is 0 Å². The summed E-state index contributed by atoms with van der Waals surface area (Å²) in [6.45, 7) is 4.06. The predicted molar refractivity (Wildman–Crippen MR) is 129 cm³/mol. The molecule has 166 valence electrons. The fraction of sp³-hybridized carbons (Fsp3) is 0.320. The molecule has 2 N–H and O–H groups in total. The van der Waals surface area contributed by atoms with E-state index in [4.69, 9.17) is 4.42 Å². The quantitative estimate of drug-likeness (QED) is 0.235. The van der Waals surface area contributed by atoms with Gasteiger partial charge in [-0.15, -0.1) is 10.2 Å². The SMILES string of the molecule is Cc1cc(C)cc(NC(=O)CCCSc2nnc(CCCc3c[nH]c4ccccc34)o2)c1. The average Bonchev–Trinajstić information content (AvgIpc) is 3.38. The largest absolute Gasteiger partial charge is 0.416 e. The van der Waals surface area contributed by atoms with Crippen LogP contribution in [0.25, 0.3) is 10.9 Å². The third kappa shape index (κ3) is 6.01. The zero-order chi connectivity index (χ0) is 22.3. The molecular weight excluding hydrogens is 420 g/mol. The minimum Gasteiger partial charge on any atom is -0.416 e. The van der Waals surface area contributed by atoms with Gasteiger partial charge in [0.05, 0.1) is 0 Å². The summed E-state index contributed by atoms with van der Waals surface area (Å²) < 4.78 is 5.75. The number of rotatable bonds is 10. The summed E-state index contributed by atoms with van der Waals surface area (Å²) in [5.41, 5.74) is 5.62. The molecule has 2 heterocycles. The first-order valence-electron chi connectivity index (χ1n) is 10.9. The molecule has 0 aliphatic heterocycles. The predicted octanol–water partition coefficient (Wildman–Crippen LogP) is 5.85. The van der Waals surface area contributed by atoms with Crippen molar-refractivity contribution in [2.75, 3.05) is 11.1 Å². The smallest absolute Gasteiger partial charge is 0.276 e. The number of hydrogen-bond donors (Lipinski definition) is 2. The fourth-order valence-electron chi connectivity index (χ4n) is 3.83. The molecule has 0 atom stereocenters. The summed E-state index contributed by atoms with van der Waals surface area (Å²) in [6, 6.07) is 14.4. The number of carbonyl (C=O) groups is 1. The van der Waals surface area contributed by atoms with Gasteiger partial charge in [-0.25, -0.2) is 0 Å². The molecule has 0 aliphatic carbocycles. The van der Waals surface area contributed by atoms with Gasteiger partial charge in [-0.3, -0.25) is 4.79 Å². The first kappa shape index (κ1) is 22.1. The van der Waals surface area contributed by atoms with E-state index in [9.17, 15) is 4.79 Å². The van der Waals surface area contributed by atoms with Crippen LogP contribution in [0, 0.1) is 13.8 Å². The molecule has 4 aromatic rings. The molecule has 0 fully saturated rings. The van der Waals surface area contributed by atoms with Crippen LogP contribution in [0.5, 0.6) is 0 Å². The molecule has 0 aliphatic rings. The van der Waals surface area contributed by atoms with E-state index in [1.54, 1.807) is 0 Å². The molecule has 7 heteroatoms. The van der Waals surface area contributed by atoms with Crippen molar-refractivity contribution >= 4 is 34.3 Å². The lowest BCUT2D eigenvalue weighted by atomic mass is 10.1. The Kier molecular flexibility index (Phi) is 7.27. The Morgan fingerprint density at radius 1 is 1.06 bits per heavy atom. The molecule has 32 heavy (non-hydrogen) atoms. The van der Waals surface area contributed by atoms with Gasteiger partial charge in [-0.05, 0) is 68.0 Å². The molecule has 0 unspecified atom stereocenters. The van der Waals surface area contributed by atoms with Gasteiger partial charge in [0.2, 0.25) is 11.8 Å². The number of anilines is 1. The number of para-hydroxylation sites is 1. The number of benzene rings is 2. The Morgan fingerprint density at radius 2 is 1.88 bits per heavy atom. The Labute approximate surface area is 192 Å². The number of aromatic nitrogens is 3. The lowest BCUT2D eigenvalue weighted by Gasteiger charge is -2.07. The Balaban J connectivity index is 1.15. The number of aromatic amines is 1. The van der Waals surface area contributed by atoms with E-state index in [0.717, 1.165) is 48.3 Å². The van der Waals surface area contributed by atoms with Crippen LogP contribution in [0.1, 0.15) is 41.8 Å². The van der Waals surface area contributed by atoms with E-state index in [2.05, 4.69) is 51.0 Å². The molecule has 1 amide bonds. The van der Waals surface area contributed by atoms with Crippen LogP contribution in [0.4, 0.5) is 5.69 Å². The third-order valence-corrected chi connectivity index (χ3v) is 6.14. The maximum Gasteiger partial charge on any atom is 0.276 e. The van der Waals surface area contributed by atoms with Crippen molar-refractivity contribution in [2.24, 2.45) is 0 Å². The topological polar surface area (TPSA) is 83.8 Å².